The first-order valence-electron chi connectivity index (χ1n) is 11.6. The number of hydrogen-bond donors (Lipinski definition) is 1. The highest BCUT2D eigenvalue weighted by Crippen LogP contribution is 2.33. The Labute approximate surface area is 219 Å². The number of anilines is 2. The normalized spacial score (nSPS) is 11.5. The third kappa shape index (κ3) is 5.28. The Morgan fingerprint density at radius 1 is 0.973 bits per heavy atom. The summed E-state index contributed by atoms with van der Waals surface area (Å²) in [5.41, 5.74) is 4.78. The van der Waals surface area contributed by atoms with Gasteiger partial charge in [-0.1, -0.05) is 35.1 Å². The van der Waals surface area contributed by atoms with Crippen molar-refractivity contribution >= 4 is 48.3 Å². The molecule has 1 amide bonds. The molecule has 2 aromatic heterocycles. The van der Waals surface area contributed by atoms with Crippen LogP contribution in [0.15, 0.2) is 88.4 Å². The van der Waals surface area contributed by atoms with Crippen molar-refractivity contribution in [3.8, 4) is 0 Å². The smallest absolute Gasteiger partial charge is 0.261 e. The summed E-state index contributed by atoms with van der Waals surface area (Å²) in [7, 11) is -3.75. The van der Waals surface area contributed by atoms with Crippen LogP contribution in [-0.2, 0) is 16.6 Å². The lowest BCUT2D eigenvalue weighted by molar-refractivity contribution is 0.0983. The van der Waals surface area contributed by atoms with E-state index in [2.05, 4.69) is 16.9 Å². The molecule has 3 aromatic carbocycles. The second kappa shape index (κ2) is 9.84. The van der Waals surface area contributed by atoms with Gasteiger partial charge in [0.05, 0.1) is 27.9 Å². The number of furan rings is 1. The van der Waals surface area contributed by atoms with Crippen LogP contribution in [-0.4, -0.2) is 19.3 Å². The monoisotopic (exact) mass is 531 g/mol. The molecule has 0 radical (unpaired) electrons. The zero-order valence-electron chi connectivity index (χ0n) is 20.6. The fourth-order valence-electron chi connectivity index (χ4n) is 4.03. The molecule has 0 saturated carbocycles. The zero-order valence-corrected chi connectivity index (χ0v) is 22.2. The highest BCUT2D eigenvalue weighted by molar-refractivity contribution is 7.92. The van der Waals surface area contributed by atoms with Gasteiger partial charge in [0.2, 0.25) is 0 Å². The third-order valence-corrected chi connectivity index (χ3v) is 8.33. The second-order valence-electron chi connectivity index (χ2n) is 8.89. The summed E-state index contributed by atoms with van der Waals surface area (Å²) < 4.78 is 34.6. The van der Waals surface area contributed by atoms with Gasteiger partial charge in [-0.3, -0.25) is 14.4 Å². The van der Waals surface area contributed by atoms with Crippen molar-refractivity contribution in [1.82, 2.24) is 4.98 Å². The number of hydrogen-bond acceptors (Lipinski definition) is 6. The summed E-state index contributed by atoms with van der Waals surface area (Å²) in [6.07, 6.45) is 1.57. The molecule has 0 unspecified atom stereocenters. The van der Waals surface area contributed by atoms with Gasteiger partial charge in [0.1, 0.15) is 5.76 Å². The Balaban J connectivity index is 1.43. The van der Waals surface area contributed by atoms with Gasteiger partial charge in [-0.2, -0.15) is 0 Å². The standard InChI is InChI=1S/C28H25N3O4S2/c1-18-6-12-24(13-7-18)37(33,34)30-22-10-8-21(9-11-22)27(32)31(17-23-5-4-14-35-23)28-29-26-20(3)15-19(2)16-25(26)36-28/h4-16,30H,17H2,1-3H3. The molecule has 5 aromatic rings. The number of nitrogens with zero attached hydrogens (tertiary/aromatic N) is 2. The van der Waals surface area contributed by atoms with E-state index in [0.717, 1.165) is 26.9 Å². The maximum Gasteiger partial charge on any atom is 0.261 e. The van der Waals surface area contributed by atoms with Gasteiger partial charge in [0, 0.05) is 11.3 Å². The van der Waals surface area contributed by atoms with Crippen molar-refractivity contribution in [3.05, 3.63) is 107 Å². The minimum absolute atomic E-state index is 0.171. The molecule has 0 atom stereocenters. The van der Waals surface area contributed by atoms with Crippen LogP contribution in [0.1, 0.15) is 32.8 Å². The number of amides is 1. The van der Waals surface area contributed by atoms with Crippen molar-refractivity contribution in [1.29, 1.82) is 0 Å². The van der Waals surface area contributed by atoms with E-state index in [1.165, 1.54) is 11.3 Å². The molecular formula is C28H25N3O4S2. The summed E-state index contributed by atoms with van der Waals surface area (Å²) in [6, 6.07) is 20.7. The first kappa shape index (κ1) is 24.7. The Hall–Kier alpha value is -3.95. The molecule has 7 nitrogen and oxygen atoms in total. The minimum Gasteiger partial charge on any atom is -0.467 e. The number of aromatic nitrogens is 1. The number of fused-ring (bicyclic) bond motifs is 1. The quantitative estimate of drug-likeness (QED) is 0.260. The van der Waals surface area contributed by atoms with E-state index in [9.17, 15) is 13.2 Å². The van der Waals surface area contributed by atoms with Gasteiger partial charge in [0.25, 0.3) is 15.9 Å². The Bertz CT molecular complexity index is 1670. The highest BCUT2D eigenvalue weighted by Gasteiger charge is 2.24. The summed E-state index contributed by atoms with van der Waals surface area (Å²) in [5.74, 6) is 0.362. The summed E-state index contributed by atoms with van der Waals surface area (Å²) in [4.78, 5) is 20.2. The van der Waals surface area contributed by atoms with Gasteiger partial charge >= 0.3 is 0 Å². The van der Waals surface area contributed by atoms with E-state index in [0.29, 0.717) is 22.1 Å². The third-order valence-electron chi connectivity index (χ3n) is 5.90. The molecule has 37 heavy (non-hydrogen) atoms. The molecule has 2 heterocycles. The Morgan fingerprint density at radius 3 is 2.38 bits per heavy atom. The average molecular weight is 532 g/mol. The van der Waals surface area contributed by atoms with Crippen molar-refractivity contribution in [2.75, 3.05) is 9.62 Å². The minimum atomic E-state index is -3.75. The molecule has 1 N–H and O–H groups in total. The maximum atomic E-state index is 13.7. The lowest BCUT2D eigenvalue weighted by Gasteiger charge is -2.19. The predicted molar refractivity (Wildman–Crippen MR) is 147 cm³/mol. The van der Waals surface area contributed by atoms with Gasteiger partial charge < -0.3 is 4.42 Å². The lowest BCUT2D eigenvalue weighted by Crippen LogP contribution is -2.30. The van der Waals surface area contributed by atoms with Crippen LogP contribution < -0.4 is 9.62 Å². The molecule has 5 rings (SSSR count). The fourth-order valence-corrected chi connectivity index (χ4v) is 6.23. The fraction of sp³-hybridized carbons (Fsp3) is 0.143. The molecule has 188 valence electrons. The van der Waals surface area contributed by atoms with Crippen molar-refractivity contribution in [3.63, 3.8) is 0 Å². The Kier molecular flexibility index (Phi) is 6.57. The van der Waals surface area contributed by atoms with Crippen LogP contribution in [0.5, 0.6) is 0 Å². The van der Waals surface area contributed by atoms with Gasteiger partial charge in [-0.25, -0.2) is 13.4 Å². The van der Waals surface area contributed by atoms with Gasteiger partial charge in [-0.05, 0) is 86.5 Å². The molecule has 0 aliphatic heterocycles. The lowest BCUT2D eigenvalue weighted by atomic mass is 10.1. The summed E-state index contributed by atoms with van der Waals surface area (Å²) in [6.45, 7) is 6.15. The Morgan fingerprint density at radius 2 is 1.70 bits per heavy atom. The topological polar surface area (TPSA) is 92.5 Å². The number of thiazole rings is 1. The average Bonchev–Trinajstić information content (AvgIpc) is 3.53. The van der Waals surface area contributed by atoms with Crippen LogP contribution in [0.4, 0.5) is 10.8 Å². The van der Waals surface area contributed by atoms with Crippen LogP contribution in [0.3, 0.4) is 0 Å². The molecule has 9 heteroatoms. The van der Waals surface area contributed by atoms with Crippen LogP contribution in [0.25, 0.3) is 10.2 Å². The first-order valence-corrected chi connectivity index (χ1v) is 13.9. The van der Waals surface area contributed by atoms with E-state index in [-0.39, 0.29) is 17.3 Å². The SMILES string of the molecule is Cc1ccc(S(=O)(=O)Nc2ccc(C(=O)N(Cc3ccco3)c3nc4c(C)cc(C)cc4s3)cc2)cc1. The van der Waals surface area contributed by atoms with Crippen LogP contribution >= 0.6 is 11.3 Å². The molecule has 0 fully saturated rings. The largest absolute Gasteiger partial charge is 0.467 e. The van der Waals surface area contributed by atoms with Gasteiger partial charge in [0.15, 0.2) is 5.13 Å². The number of sulfonamides is 1. The van der Waals surface area contributed by atoms with E-state index in [1.54, 1.807) is 65.8 Å². The summed E-state index contributed by atoms with van der Waals surface area (Å²) in [5, 5.41) is 0.564. The van der Waals surface area contributed by atoms with Crippen molar-refractivity contribution < 1.29 is 17.6 Å². The van der Waals surface area contributed by atoms with E-state index >= 15 is 0 Å². The number of benzene rings is 3. The molecular weight excluding hydrogens is 506 g/mol. The van der Waals surface area contributed by atoms with Crippen molar-refractivity contribution in [2.24, 2.45) is 0 Å². The maximum absolute atomic E-state index is 13.7. The number of carbonyl (C=O) groups is 1. The molecule has 0 aliphatic carbocycles. The molecule has 0 bridgehead atoms. The number of rotatable bonds is 7. The highest BCUT2D eigenvalue weighted by atomic mass is 32.2. The number of nitrogens with one attached hydrogen (secondary N) is 1. The van der Waals surface area contributed by atoms with Crippen LogP contribution in [0.2, 0.25) is 0 Å². The van der Waals surface area contributed by atoms with Gasteiger partial charge in [-0.15, -0.1) is 0 Å². The zero-order chi connectivity index (χ0) is 26.2. The molecule has 0 saturated heterocycles. The molecule has 0 spiro atoms. The van der Waals surface area contributed by atoms with E-state index in [4.69, 9.17) is 9.40 Å². The van der Waals surface area contributed by atoms with E-state index < -0.39 is 10.0 Å². The van der Waals surface area contributed by atoms with E-state index in [1.807, 2.05) is 26.8 Å². The molecule has 0 aliphatic rings. The van der Waals surface area contributed by atoms with Crippen molar-refractivity contribution in [2.45, 2.75) is 32.2 Å². The first-order chi connectivity index (χ1) is 17.7. The van der Waals surface area contributed by atoms with Crippen LogP contribution in [0, 0.1) is 20.8 Å². The second-order valence-corrected chi connectivity index (χ2v) is 11.6. The predicted octanol–water partition coefficient (Wildman–Crippen LogP) is 6.46. The number of aryl methyl sites for hydroxylation is 3. The number of carbonyl (C=O) groups excluding carboxylic acids is 1. The summed E-state index contributed by atoms with van der Waals surface area (Å²) >= 11 is 1.45.